The lowest BCUT2D eigenvalue weighted by atomic mass is 10.2. The van der Waals surface area contributed by atoms with E-state index in [9.17, 15) is 0 Å². The molecule has 41 valence electrons. The molecule has 0 saturated carbocycles. The van der Waals surface area contributed by atoms with Gasteiger partial charge in [-0.15, -0.1) is 0 Å². The quantitative estimate of drug-likeness (QED) is 0.401. The third kappa shape index (κ3) is 5.98. The van der Waals surface area contributed by atoms with Gasteiger partial charge in [0, 0.05) is 7.11 Å². The van der Waals surface area contributed by atoms with Crippen LogP contribution in [-0.4, -0.2) is 21.3 Å². The summed E-state index contributed by atoms with van der Waals surface area (Å²) in [5, 5.41) is 2.94. The Morgan fingerprint density at radius 2 is 2.43 bits per heavy atom. The van der Waals surface area contributed by atoms with Crippen molar-refractivity contribution in [3.63, 3.8) is 0 Å². The zero-order chi connectivity index (χ0) is 5.54. The number of hydrogen-bond acceptors (Lipinski definition) is 2. The Hall–Kier alpha value is -0.0151. The second-order valence-corrected chi connectivity index (χ2v) is 1.31. The zero-order valence-electron chi connectivity index (χ0n) is 4.90. The smallest absolute Gasteiger partial charge is 0.395 e. The molecule has 0 aliphatic heterocycles. The minimum absolute atomic E-state index is 0.994. The molecule has 0 aliphatic carbocycles. The van der Waals surface area contributed by atoms with Crippen LogP contribution in [0.2, 0.25) is 0 Å². The Bertz CT molecular complexity index is 30.9. The van der Waals surface area contributed by atoms with Gasteiger partial charge >= 0.3 is 7.62 Å². The maximum atomic E-state index is 4.61. The van der Waals surface area contributed by atoms with E-state index in [1.165, 1.54) is 0 Å². The van der Waals surface area contributed by atoms with Crippen molar-refractivity contribution in [3.8, 4) is 0 Å². The van der Waals surface area contributed by atoms with Crippen molar-refractivity contribution in [2.45, 2.75) is 13.3 Å². The Labute approximate surface area is 45.5 Å². The van der Waals surface area contributed by atoms with Crippen molar-refractivity contribution in [3.05, 3.63) is 0 Å². The SMILES string of the molecule is CCCN[B]OC. The molecule has 0 spiro atoms. The lowest BCUT2D eigenvalue weighted by Crippen LogP contribution is -2.21. The fraction of sp³-hybridized carbons (Fsp3) is 1.00. The molecule has 7 heavy (non-hydrogen) atoms. The average molecular weight is 99.9 g/mol. The molecule has 0 bridgehead atoms. The van der Waals surface area contributed by atoms with E-state index in [1.54, 1.807) is 14.7 Å². The van der Waals surface area contributed by atoms with Crippen LogP contribution in [0.3, 0.4) is 0 Å². The van der Waals surface area contributed by atoms with Crippen molar-refractivity contribution >= 4 is 7.62 Å². The third-order valence-corrected chi connectivity index (χ3v) is 0.596. The van der Waals surface area contributed by atoms with E-state index in [2.05, 4.69) is 16.8 Å². The molecule has 3 heteroatoms. The Morgan fingerprint density at radius 1 is 1.71 bits per heavy atom. The largest absolute Gasteiger partial charge is 0.427 e. The number of rotatable bonds is 4. The molecule has 0 saturated heterocycles. The molecule has 0 aliphatic rings. The molecular formula is C4H11BNO. The maximum Gasteiger partial charge on any atom is 0.395 e. The van der Waals surface area contributed by atoms with E-state index >= 15 is 0 Å². The molecule has 0 aromatic heterocycles. The van der Waals surface area contributed by atoms with E-state index in [0.717, 1.165) is 13.0 Å². The summed E-state index contributed by atoms with van der Waals surface area (Å²) in [6, 6.07) is 0. The van der Waals surface area contributed by atoms with Gasteiger partial charge in [0.05, 0.1) is 0 Å². The number of nitrogens with one attached hydrogen (secondary N) is 1. The first kappa shape index (κ1) is 6.98. The summed E-state index contributed by atoms with van der Waals surface area (Å²) in [6.45, 7) is 3.10. The summed E-state index contributed by atoms with van der Waals surface area (Å²) in [5.41, 5.74) is 0. The van der Waals surface area contributed by atoms with E-state index in [-0.39, 0.29) is 0 Å². The minimum Gasteiger partial charge on any atom is -0.427 e. The fourth-order valence-corrected chi connectivity index (χ4v) is 0.287. The average Bonchev–Trinajstić information content (AvgIpc) is 1.69. The van der Waals surface area contributed by atoms with Gasteiger partial charge in [0.1, 0.15) is 0 Å². The molecule has 0 fully saturated rings. The molecule has 1 radical (unpaired) electrons. The minimum atomic E-state index is 0.994. The lowest BCUT2D eigenvalue weighted by molar-refractivity contribution is 0.430. The standard InChI is InChI=1S/C4H11BNO/c1-3-4-6-5-7-2/h6H,3-4H2,1-2H3. The summed E-state index contributed by atoms with van der Waals surface area (Å²) in [5.74, 6) is 0. The van der Waals surface area contributed by atoms with Crippen LogP contribution >= 0.6 is 0 Å². The van der Waals surface area contributed by atoms with Gasteiger partial charge in [0.2, 0.25) is 0 Å². The van der Waals surface area contributed by atoms with Gasteiger partial charge in [0.25, 0.3) is 0 Å². The first-order valence-corrected chi connectivity index (χ1v) is 2.49. The van der Waals surface area contributed by atoms with E-state index < -0.39 is 0 Å². The highest BCUT2D eigenvalue weighted by atomic mass is 16.4. The molecule has 1 N–H and O–H groups in total. The third-order valence-electron chi connectivity index (χ3n) is 0.596. The first-order chi connectivity index (χ1) is 3.41. The second kappa shape index (κ2) is 5.98. The Morgan fingerprint density at radius 3 is 2.86 bits per heavy atom. The molecule has 0 unspecified atom stereocenters. The van der Waals surface area contributed by atoms with E-state index in [1.807, 2.05) is 0 Å². The van der Waals surface area contributed by atoms with Crippen LogP contribution in [0.1, 0.15) is 13.3 Å². The first-order valence-electron chi connectivity index (χ1n) is 2.49. The molecule has 0 heterocycles. The molecule has 0 atom stereocenters. The highest BCUT2D eigenvalue weighted by molar-refractivity contribution is 6.23. The van der Waals surface area contributed by atoms with Gasteiger partial charge in [0.15, 0.2) is 0 Å². The topological polar surface area (TPSA) is 21.3 Å². The van der Waals surface area contributed by atoms with E-state index in [4.69, 9.17) is 0 Å². The normalized spacial score (nSPS) is 8.86. The molecule has 0 rings (SSSR count). The maximum absolute atomic E-state index is 4.61. The molecule has 2 nitrogen and oxygen atoms in total. The summed E-state index contributed by atoms with van der Waals surface area (Å²) in [7, 11) is 3.21. The molecular weight excluding hydrogens is 88.9 g/mol. The van der Waals surface area contributed by atoms with E-state index in [0.29, 0.717) is 0 Å². The van der Waals surface area contributed by atoms with Gasteiger partial charge in [-0.05, 0) is 13.0 Å². The van der Waals surface area contributed by atoms with Crippen LogP contribution in [0.15, 0.2) is 0 Å². The van der Waals surface area contributed by atoms with Crippen molar-refractivity contribution < 1.29 is 4.65 Å². The molecule has 0 aromatic carbocycles. The molecule has 0 aromatic rings. The van der Waals surface area contributed by atoms with Crippen LogP contribution in [0.5, 0.6) is 0 Å². The lowest BCUT2D eigenvalue weighted by Gasteiger charge is -1.93. The Balaban J connectivity index is 2.45. The van der Waals surface area contributed by atoms with Crippen LogP contribution in [0, 0.1) is 0 Å². The van der Waals surface area contributed by atoms with Gasteiger partial charge in [-0.25, -0.2) is 0 Å². The van der Waals surface area contributed by atoms with Crippen LogP contribution < -0.4 is 5.23 Å². The molecule has 0 amide bonds. The van der Waals surface area contributed by atoms with Gasteiger partial charge in [-0.2, -0.15) is 0 Å². The second-order valence-electron chi connectivity index (χ2n) is 1.31. The van der Waals surface area contributed by atoms with Crippen LogP contribution in [0.4, 0.5) is 0 Å². The highest BCUT2D eigenvalue weighted by Crippen LogP contribution is 1.65. The summed E-state index contributed by atoms with van der Waals surface area (Å²) >= 11 is 0. The summed E-state index contributed by atoms with van der Waals surface area (Å²) in [4.78, 5) is 0. The van der Waals surface area contributed by atoms with Crippen LogP contribution in [-0.2, 0) is 4.65 Å². The summed E-state index contributed by atoms with van der Waals surface area (Å²) in [6.07, 6.45) is 1.14. The Kier molecular flexibility index (Phi) is 5.97. The predicted molar refractivity (Wildman–Crippen MR) is 31.1 cm³/mol. The summed E-state index contributed by atoms with van der Waals surface area (Å²) < 4.78 is 4.61. The van der Waals surface area contributed by atoms with Crippen molar-refractivity contribution in [2.24, 2.45) is 0 Å². The zero-order valence-corrected chi connectivity index (χ0v) is 4.90. The van der Waals surface area contributed by atoms with Crippen molar-refractivity contribution in [1.82, 2.24) is 5.23 Å². The predicted octanol–water partition coefficient (Wildman–Crippen LogP) is 0.167. The highest BCUT2D eigenvalue weighted by Gasteiger charge is 1.82. The van der Waals surface area contributed by atoms with Gasteiger partial charge in [-0.3, -0.25) is 0 Å². The van der Waals surface area contributed by atoms with Gasteiger partial charge in [-0.1, -0.05) is 6.92 Å². The number of hydrogen-bond donors (Lipinski definition) is 1. The van der Waals surface area contributed by atoms with Crippen molar-refractivity contribution in [1.29, 1.82) is 0 Å². The fourth-order valence-electron chi connectivity index (χ4n) is 0.287. The monoisotopic (exact) mass is 100 g/mol. The van der Waals surface area contributed by atoms with Crippen LogP contribution in [0.25, 0.3) is 0 Å². The van der Waals surface area contributed by atoms with Crippen molar-refractivity contribution in [2.75, 3.05) is 13.7 Å². The van der Waals surface area contributed by atoms with Gasteiger partial charge < -0.3 is 9.88 Å².